The Labute approximate surface area is 282 Å². The van der Waals surface area contributed by atoms with Gasteiger partial charge in [0.15, 0.2) is 0 Å². The molecule has 48 heavy (non-hydrogen) atoms. The number of carbonyl (C=O) groups excluding carboxylic acids is 2. The van der Waals surface area contributed by atoms with Gasteiger partial charge in [-0.15, -0.1) is 0 Å². The Morgan fingerprint density at radius 1 is 1.04 bits per heavy atom. The molecule has 1 saturated heterocycles. The number of aliphatic hydroxyl groups is 1. The number of hydrogen-bond acceptors (Lipinski definition) is 9. The SMILES string of the molecule is Cc1cc(C(=O)Nc2cccc(-c3cncc(C(=O)N=[S@](=O)(CCCN4CCN(CCOCCO)CC4)C4C=CC=CC4)c3)c2)n(C)n1. The molecule has 1 aliphatic heterocycles. The molecule has 13 heteroatoms. The van der Waals surface area contributed by atoms with Gasteiger partial charge in [-0.05, 0) is 56.1 Å². The van der Waals surface area contributed by atoms with E-state index < -0.39 is 15.6 Å². The van der Waals surface area contributed by atoms with Crippen LogP contribution >= 0.6 is 0 Å². The average molecular weight is 676 g/mol. The highest BCUT2D eigenvalue weighted by Gasteiger charge is 2.25. The van der Waals surface area contributed by atoms with Crippen molar-refractivity contribution < 1.29 is 23.6 Å². The molecule has 2 atom stereocenters. The molecule has 12 nitrogen and oxygen atoms in total. The number of ether oxygens (including phenoxy) is 1. The molecule has 2 aromatic heterocycles. The molecule has 0 spiro atoms. The normalized spacial score (nSPS) is 18.0. The lowest BCUT2D eigenvalue weighted by molar-refractivity contribution is 0.0577. The zero-order valence-electron chi connectivity index (χ0n) is 27.7. The number of pyridine rings is 1. The molecule has 1 aromatic carbocycles. The first-order chi connectivity index (χ1) is 23.2. The smallest absolute Gasteiger partial charge is 0.286 e. The fraction of sp³-hybridized carbons (Fsp3) is 0.429. The maximum absolute atomic E-state index is 14.4. The van der Waals surface area contributed by atoms with Crippen LogP contribution in [0.15, 0.2) is 77.5 Å². The Kier molecular flexibility index (Phi) is 12.4. The predicted molar refractivity (Wildman–Crippen MR) is 187 cm³/mol. The minimum Gasteiger partial charge on any atom is -0.394 e. The van der Waals surface area contributed by atoms with Crippen LogP contribution in [0.5, 0.6) is 0 Å². The highest BCUT2D eigenvalue weighted by molar-refractivity contribution is 7.94. The summed E-state index contributed by atoms with van der Waals surface area (Å²) in [6.45, 7) is 8.15. The monoisotopic (exact) mass is 675 g/mol. The quantitative estimate of drug-likeness (QED) is 0.246. The van der Waals surface area contributed by atoms with Crippen LogP contribution in [-0.2, 0) is 21.5 Å². The number of allylic oxidation sites excluding steroid dienone is 3. The van der Waals surface area contributed by atoms with Gasteiger partial charge in [-0.2, -0.15) is 9.46 Å². The number of aryl methyl sites for hydroxylation is 2. The third-order valence-electron chi connectivity index (χ3n) is 8.49. The van der Waals surface area contributed by atoms with Crippen molar-refractivity contribution in [1.29, 1.82) is 0 Å². The van der Waals surface area contributed by atoms with Crippen LogP contribution < -0.4 is 5.32 Å². The predicted octanol–water partition coefficient (Wildman–Crippen LogP) is 3.55. The number of benzene rings is 1. The van der Waals surface area contributed by atoms with Crippen molar-refractivity contribution in [2.75, 3.05) is 70.2 Å². The van der Waals surface area contributed by atoms with Crippen molar-refractivity contribution in [3.05, 3.63) is 90.0 Å². The van der Waals surface area contributed by atoms with Gasteiger partial charge in [-0.3, -0.25) is 24.2 Å². The summed E-state index contributed by atoms with van der Waals surface area (Å²) in [6, 6.07) is 10.7. The number of aliphatic hydroxyl groups excluding tert-OH is 1. The number of anilines is 1. The second-order valence-corrected chi connectivity index (χ2v) is 14.6. The molecule has 3 aromatic rings. The molecule has 1 fully saturated rings. The first kappa shape index (κ1) is 35.3. The van der Waals surface area contributed by atoms with Gasteiger partial charge >= 0.3 is 0 Å². The highest BCUT2D eigenvalue weighted by Crippen LogP contribution is 2.25. The number of nitrogens with one attached hydrogen (secondary N) is 1. The van der Waals surface area contributed by atoms with Gasteiger partial charge in [0.05, 0.1) is 46.1 Å². The molecule has 2 aliphatic rings. The van der Waals surface area contributed by atoms with Crippen molar-refractivity contribution >= 4 is 27.2 Å². The van der Waals surface area contributed by atoms with Crippen molar-refractivity contribution in [1.82, 2.24) is 24.6 Å². The maximum Gasteiger partial charge on any atom is 0.286 e. The van der Waals surface area contributed by atoms with Gasteiger partial charge < -0.3 is 20.1 Å². The molecule has 256 valence electrons. The van der Waals surface area contributed by atoms with Crippen LogP contribution in [0.25, 0.3) is 11.1 Å². The third-order valence-corrected chi connectivity index (χ3v) is 11.1. The van der Waals surface area contributed by atoms with Gasteiger partial charge in [0.25, 0.3) is 11.8 Å². The molecule has 0 radical (unpaired) electrons. The average Bonchev–Trinajstić information content (AvgIpc) is 3.45. The van der Waals surface area contributed by atoms with Crippen LogP contribution in [0.3, 0.4) is 0 Å². The molecule has 3 heterocycles. The zero-order valence-corrected chi connectivity index (χ0v) is 28.5. The van der Waals surface area contributed by atoms with Crippen LogP contribution in [0.4, 0.5) is 5.69 Å². The zero-order chi connectivity index (χ0) is 33.9. The lowest BCUT2D eigenvalue weighted by Gasteiger charge is -2.34. The molecular weight excluding hydrogens is 630 g/mol. The number of hydrogen-bond donors (Lipinski definition) is 2. The Morgan fingerprint density at radius 3 is 2.54 bits per heavy atom. The number of piperazine rings is 1. The van der Waals surface area contributed by atoms with E-state index in [0.717, 1.165) is 50.5 Å². The molecule has 2 N–H and O–H groups in total. The van der Waals surface area contributed by atoms with Crippen LogP contribution in [0.1, 0.15) is 39.4 Å². The number of amides is 2. The van der Waals surface area contributed by atoms with E-state index in [4.69, 9.17) is 9.84 Å². The van der Waals surface area contributed by atoms with E-state index in [1.54, 1.807) is 31.4 Å². The lowest BCUT2D eigenvalue weighted by Crippen LogP contribution is -2.47. The second kappa shape index (κ2) is 16.9. The van der Waals surface area contributed by atoms with E-state index in [0.29, 0.717) is 48.8 Å². The third kappa shape index (κ3) is 9.54. The first-order valence-electron chi connectivity index (χ1n) is 16.4. The number of nitrogens with zero attached hydrogens (tertiary/aromatic N) is 6. The lowest BCUT2D eigenvalue weighted by atomic mass is 10.1. The Balaban J connectivity index is 1.25. The molecule has 1 aliphatic carbocycles. The number of carbonyl (C=O) groups is 2. The highest BCUT2D eigenvalue weighted by atomic mass is 32.2. The summed E-state index contributed by atoms with van der Waals surface area (Å²) >= 11 is 0. The summed E-state index contributed by atoms with van der Waals surface area (Å²) in [5, 5.41) is 15.7. The molecular formula is C35H45N7O5S. The van der Waals surface area contributed by atoms with Crippen LogP contribution in [0.2, 0.25) is 0 Å². The van der Waals surface area contributed by atoms with Gasteiger partial charge in [-0.25, -0.2) is 4.21 Å². The summed E-state index contributed by atoms with van der Waals surface area (Å²) in [4.78, 5) is 35.4. The largest absolute Gasteiger partial charge is 0.394 e. The standard InChI is InChI=1S/C35H45N7O5S/c1-27-22-33(40(2)38-27)35(45)37-31-9-6-8-28(24-31)29-23-30(26-36-25-29)34(44)39-48(46,32-10-4-3-5-11-32)21-7-12-41-13-15-42(16-14-41)17-19-47-20-18-43/h3-6,8-10,22-26,32,43H,7,11-21H2,1-2H3,(H,37,45)/t32?,48-/m0/s1. The van der Waals surface area contributed by atoms with Gasteiger partial charge in [0, 0.05) is 69.2 Å². The van der Waals surface area contributed by atoms with Crippen molar-refractivity contribution in [2.45, 2.75) is 25.0 Å². The number of aromatic nitrogens is 3. The summed E-state index contributed by atoms with van der Waals surface area (Å²) in [5.41, 5.74) is 3.48. The minimum atomic E-state index is -2.91. The van der Waals surface area contributed by atoms with Gasteiger partial charge in [0.2, 0.25) is 0 Å². The summed E-state index contributed by atoms with van der Waals surface area (Å²) < 4.78 is 25.8. The number of rotatable bonds is 14. The Bertz CT molecular complexity index is 1750. The first-order valence-corrected chi connectivity index (χ1v) is 18.1. The molecule has 0 bridgehead atoms. The fourth-order valence-electron chi connectivity index (χ4n) is 5.89. The van der Waals surface area contributed by atoms with Crippen molar-refractivity contribution in [2.24, 2.45) is 11.4 Å². The summed E-state index contributed by atoms with van der Waals surface area (Å²) in [5.74, 6) is -0.507. The van der Waals surface area contributed by atoms with E-state index in [1.165, 1.54) is 10.9 Å². The second-order valence-electron chi connectivity index (χ2n) is 12.0. The fourth-order valence-corrected chi connectivity index (χ4v) is 8.10. The summed E-state index contributed by atoms with van der Waals surface area (Å²) in [6.07, 6.45) is 12.0. The van der Waals surface area contributed by atoms with E-state index in [2.05, 4.69) is 29.6 Å². The van der Waals surface area contributed by atoms with E-state index >= 15 is 0 Å². The topological polar surface area (TPSA) is 142 Å². The minimum absolute atomic E-state index is 0.0374. The Hall–Kier alpha value is -4.01. The van der Waals surface area contributed by atoms with Crippen molar-refractivity contribution in [3.8, 4) is 11.1 Å². The maximum atomic E-state index is 14.4. The molecule has 1 unspecified atom stereocenters. The van der Waals surface area contributed by atoms with Crippen LogP contribution in [0, 0.1) is 6.92 Å². The van der Waals surface area contributed by atoms with E-state index in [9.17, 15) is 13.8 Å². The Morgan fingerprint density at radius 2 is 1.83 bits per heavy atom. The van der Waals surface area contributed by atoms with E-state index in [-0.39, 0.29) is 23.3 Å². The summed E-state index contributed by atoms with van der Waals surface area (Å²) in [7, 11) is -1.19. The van der Waals surface area contributed by atoms with Gasteiger partial charge in [0.1, 0.15) is 5.69 Å². The van der Waals surface area contributed by atoms with E-state index in [1.807, 2.05) is 49.4 Å². The van der Waals surface area contributed by atoms with Crippen molar-refractivity contribution in [3.63, 3.8) is 0 Å². The molecule has 5 rings (SSSR count). The van der Waals surface area contributed by atoms with Crippen LogP contribution in [-0.4, -0.2) is 116 Å². The molecule has 2 amide bonds. The van der Waals surface area contributed by atoms with Gasteiger partial charge in [-0.1, -0.05) is 36.4 Å². The molecule has 0 saturated carbocycles.